The van der Waals surface area contributed by atoms with Gasteiger partial charge >= 0.3 is 5.97 Å². The molecule has 2 heterocycles. The van der Waals surface area contributed by atoms with Crippen LogP contribution in [0.25, 0.3) is 10.2 Å². The van der Waals surface area contributed by atoms with Crippen molar-refractivity contribution < 1.29 is 14.8 Å². The first-order chi connectivity index (χ1) is 14.9. The molecule has 1 aliphatic carbocycles. The Morgan fingerprint density at radius 2 is 2.13 bits per heavy atom. The Hall–Kier alpha value is -2.43. The van der Waals surface area contributed by atoms with Crippen LogP contribution in [0.2, 0.25) is 5.02 Å². The molecule has 1 aromatic carbocycles. The van der Waals surface area contributed by atoms with Crippen LogP contribution in [0.3, 0.4) is 0 Å². The van der Waals surface area contributed by atoms with Crippen molar-refractivity contribution in [1.82, 2.24) is 9.97 Å². The number of hydrogen-bond acceptors (Lipinski definition) is 8. The van der Waals surface area contributed by atoms with Crippen LogP contribution in [0, 0.1) is 10.1 Å². The van der Waals surface area contributed by atoms with E-state index in [-0.39, 0.29) is 16.5 Å². The summed E-state index contributed by atoms with van der Waals surface area (Å²) in [5.74, 6) is 0.826. The van der Waals surface area contributed by atoms with E-state index >= 15 is 0 Å². The SMILES string of the molecule is O=C(O)CSCc1nc(NCc2ccc([N+](=O)[O-])c(Cl)c2)c2c3c(sc2n1)CCCC3. The van der Waals surface area contributed by atoms with Crippen LogP contribution in [-0.2, 0) is 29.9 Å². The van der Waals surface area contributed by atoms with Gasteiger partial charge in [0.05, 0.1) is 21.8 Å². The van der Waals surface area contributed by atoms with Gasteiger partial charge in [0.2, 0.25) is 0 Å². The summed E-state index contributed by atoms with van der Waals surface area (Å²) in [5.41, 5.74) is 1.97. The highest BCUT2D eigenvalue weighted by Gasteiger charge is 2.21. The zero-order valence-electron chi connectivity index (χ0n) is 16.4. The van der Waals surface area contributed by atoms with Gasteiger partial charge in [-0.3, -0.25) is 14.9 Å². The van der Waals surface area contributed by atoms with Crippen molar-refractivity contribution in [1.29, 1.82) is 0 Å². The molecule has 0 saturated carbocycles. The van der Waals surface area contributed by atoms with Crippen molar-refractivity contribution in [2.45, 2.75) is 38.0 Å². The number of halogens is 1. The minimum absolute atomic E-state index is 0.00755. The average molecular weight is 479 g/mol. The van der Waals surface area contributed by atoms with E-state index in [4.69, 9.17) is 26.7 Å². The molecule has 0 bridgehead atoms. The fraction of sp³-hybridized carbons (Fsp3) is 0.350. The molecule has 0 aliphatic heterocycles. The standard InChI is InChI=1S/C20H19ClN4O4S2/c21-13-7-11(5-6-14(13)25(28)29)8-22-19-18-12-3-1-2-4-15(12)31-20(18)24-16(23-19)9-30-10-17(26)27/h5-7H,1-4,8-10H2,(H,26,27)(H,22,23,24). The molecule has 162 valence electrons. The predicted molar refractivity (Wildman–Crippen MR) is 123 cm³/mol. The fourth-order valence-electron chi connectivity index (χ4n) is 3.62. The number of thiophene rings is 1. The van der Waals surface area contributed by atoms with E-state index in [2.05, 4.69) is 5.32 Å². The number of benzene rings is 1. The number of nitro groups is 1. The van der Waals surface area contributed by atoms with Crippen molar-refractivity contribution in [3.8, 4) is 0 Å². The Balaban J connectivity index is 1.64. The Bertz CT molecular complexity index is 1170. The molecule has 2 aromatic heterocycles. The first-order valence-electron chi connectivity index (χ1n) is 9.69. The first kappa shape index (κ1) is 21.8. The second-order valence-corrected chi connectivity index (χ2v) is 9.64. The maximum atomic E-state index is 11.0. The van der Waals surface area contributed by atoms with E-state index in [1.807, 2.05) is 0 Å². The summed E-state index contributed by atoms with van der Waals surface area (Å²) in [6.45, 7) is 0.399. The molecule has 0 amide bonds. The quantitative estimate of drug-likeness (QED) is 0.340. The molecule has 4 rings (SSSR count). The summed E-state index contributed by atoms with van der Waals surface area (Å²) >= 11 is 8.99. The van der Waals surface area contributed by atoms with Gasteiger partial charge in [0.15, 0.2) is 0 Å². The van der Waals surface area contributed by atoms with E-state index < -0.39 is 10.9 Å². The lowest BCUT2D eigenvalue weighted by atomic mass is 9.97. The Kier molecular flexibility index (Phi) is 6.59. The van der Waals surface area contributed by atoms with Crippen LogP contribution >= 0.6 is 34.7 Å². The van der Waals surface area contributed by atoms with Gasteiger partial charge in [-0.15, -0.1) is 23.1 Å². The number of aliphatic carboxylic acids is 1. The van der Waals surface area contributed by atoms with Crippen LogP contribution < -0.4 is 5.32 Å². The second-order valence-electron chi connectivity index (χ2n) is 7.16. The highest BCUT2D eigenvalue weighted by Crippen LogP contribution is 2.39. The van der Waals surface area contributed by atoms with Crippen LogP contribution in [-0.4, -0.2) is 31.7 Å². The molecule has 0 unspecified atom stereocenters. The highest BCUT2D eigenvalue weighted by molar-refractivity contribution is 7.99. The Morgan fingerprint density at radius 3 is 2.87 bits per heavy atom. The Morgan fingerprint density at radius 1 is 1.32 bits per heavy atom. The van der Waals surface area contributed by atoms with E-state index in [1.165, 1.54) is 34.7 Å². The van der Waals surface area contributed by atoms with Crippen LogP contribution in [0.15, 0.2) is 18.2 Å². The van der Waals surface area contributed by atoms with Gasteiger partial charge in [-0.2, -0.15) is 0 Å². The van der Waals surface area contributed by atoms with Gasteiger partial charge in [0, 0.05) is 17.5 Å². The number of nitro benzene ring substituents is 1. The van der Waals surface area contributed by atoms with E-state index in [9.17, 15) is 14.9 Å². The van der Waals surface area contributed by atoms with Gasteiger partial charge < -0.3 is 10.4 Å². The van der Waals surface area contributed by atoms with Crippen molar-refractivity contribution in [2.75, 3.05) is 11.1 Å². The Labute approximate surface area is 191 Å². The molecule has 8 nitrogen and oxygen atoms in total. The number of anilines is 1. The van der Waals surface area contributed by atoms with Gasteiger partial charge in [-0.1, -0.05) is 17.7 Å². The number of carboxylic acid groups (broad SMARTS) is 1. The third-order valence-electron chi connectivity index (χ3n) is 4.99. The van der Waals surface area contributed by atoms with Gasteiger partial charge in [-0.05, 0) is 42.9 Å². The summed E-state index contributed by atoms with van der Waals surface area (Å²) in [6, 6.07) is 4.65. The molecular formula is C20H19ClN4O4S2. The molecule has 0 saturated heterocycles. The lowest BCUT2D eigenvalue weighted by Crippen LogP contribution is -2.07. The molecule has 0 fully saturated rings. The maximum Gasteiger partial charge on any atom is 0.313 e. The molecule has 2 N–H and O–H groups in total. The molecular weight excluding hydrogens is 460 g/mol. The van der Waals surface area contributed by atoms with Crippen molar-refractivity contribution >= 4 is 62.4 Å². The second kappa shape index (κ2) is 9.37. The van der Waals surface area contributed by atoms with Crippen LogP contribution in [0.4, 0.5) is 11.5 Å². The number of hydrogen-bond donors (Lipinski definition) is 2. The minimum Gasteiger partial charge on any atom is -0.481 e. The topological polar surface area (TPSA) is 118 Å². The van der Waals surface area contributed by atoms with Crippen LogP contribution in [0.1, 0.15) is 34.7 Å². The number of thioether (sulfide) groups is 1. The van der Waals surface area contributed by atoms with Crippen molar-refractivity contribution in [3.63, 3.8) is 0 Å². The number of fused-ring (bicyclic) bond motifs is 3. The van der Waals surface area contributed by atoms with E-state index in [0.29, 0.717) is 23.9 Å². The van der Waals surface area contributed by atoms with Gasteiger partial charge in [0.25, 0.3) is 5.69 Å². The number of carboxylic acids is 1. The summed E-state index contributed by atoms with van der Waals surface area (Å²) in [4.78, 5) is 32.9. The summed E-state index contributed by atoms with van der Waals surface area (Å²) in [5, 5.41) is 24.4. The fourth-order valence-corrected chi connectivity index (χ4v) is 5.76. The lowest BCUT2D eigenvalue weighted by Gasteiger charge is -2.13. The summed E-state index contributed by atoms with van der Waals surface area (Å²) in [6.07, 6.45) is 4.33. The maximum absolute atomic E-state index is 11.0. The zero-order valence-corrected chi connectivity index (χ0v) is 18.8. The molecule has 3 aromatic rings. The number of carbonyl (C=O) groups is 1. The summed E-state index contributed by atoms with van der Waals surface area (Å²) < 4.78 is 0. The zero-order chi connectivity index (χ0) is 22.0. The smallest absolute Gasteiger partial charge is 0.313 e. The predicted octanol–water partition coefficient (Wildman–Crippen LogP) is 5.06. The first-order valence-corrected chi connectivity index (χ1v) is 12.0. The average Bonchev–Trinajstić information content (AvgIpc) is 3.10. The van der Waals surface area contributed by atoms with E-state index in [0.717, 1.165) is 35.0 Å². The molecule has 0 atom stereocenters. The highest BCUT2D eigenvalue weighted by atomic mass is 35.5. The molecule has 0 radical (unpaired) electrons. The van der Waals surface area contributed by atoms with Crippen LogP contribution in [0.5, 0.6) is 0 Å². The normalized spacial score (nSPS) is 13.2. The third-order valence-corrected chi connectivity index (χ3v) is 7.39. The molecule has 1 aliphatic rings. The van der Waals surface area contributed by atoms with Crippen molar-refractivity contribution in [2.24, 2.45) is 0 Å². The van der Waals surface area contributed by atoms with Gasteiger partial charge in [0.1, 0.15) is 21.5 Å². The molecule has 0 spiro atoms. The van der Waals surface area contributed by atoms with E-state index in [1.54, 1.807) is 23.5 Å². The van der Waals surface area contributed by atoms with Gasteiger partial charge in [-0.25, -0.2) is 9.97 Å². The van der Waals surface area contributed by atoms with Crippen molar-refractivity contribution in [3.05, 3.63) is 55.2 Å². The third kappa shape index (κ3) is 4.91. The largest absolute Gasteiger partial charge is 0.481 e. The number of nitrogens with one attached hydrogen (secondary N) is 1. The number of aromatic nitrogens is 2. The molecule has 11 heteroatoms. The monoisotopic (exact) mass is 478 g/mol. The molecule has 31 heavy (non-hydrogen) atoms. The lowest BCUT2D eigenvalue weighted by molar-refractivity contribution is -0.384. The number of aryl methyl sites for hydroxylation is 2. The minimum atomic E-state index is -0.869. The number of nitrogens with zero attached hydrogens (tertiary/aromatic N) is 3. The summed E-state index contributed by atoms with van der Waals surface area (Å²) in [7, 11) is 0. The number of rotatable bonds is 8.